The molecule has 105 heavy (non-hydrogen) atoms. The van der Waals surface area contributed by atoms with Gasteiger partial charge in [0.25, 0.3) is 0 Å². The van der Waals surface area contributed by atoms with Gasteiger partial charge in [-0.25, -0.2) is 0 Å². The van der Waals surface area contributed by atoms with E-state index >= 15 is 0 Å². The van der Waals surface area contributed by atoms with Crippen LogP contribution >= 0.6 is 0 Å². The summed E-state index contributed by atoms with van der Waals surface area (Å²) in [5, 5.41) is 12.4. The Morgan fingerprint density at radius 2 is 0.410 bits per heavy atom. The Morgan fingerprint density at radius 1 is 0.171 bits per heavy atom. The minimum atomic E-state index is 1.07. The van der Waals surface area contributed by atoms with E-state index in [9.17, 15) is 0 Å². The number of hydrogen-bond acceptors (Lipinski definition) is 2. The lowest BCUT2D eigenvalue weighted by Gasteiger charge is -2.26. The summed E-state index contributed by atoms with van der Waals surface area (Å²) in [4.78, 5) is 4.67. The average Bonchev–Trinajstić information content (AvgIpc) is 1.74. The molecule has 3 aromatic heterocycles. The quantitative estimate of drug-likeness (QED) is 0.0799. The summed E-state index contributed by atoms with van der Waals surface area (Å²) in [7, 11) is 0. The summed E-state index contributed by atoms with van der Waals surface area (Å²) in [6.07, 6.45) is 4.40. The number of benzene rings is 17. The number of nitrogens with zero attached hydrogens (tertiary/aromatic N) is 5. The molecule has 3 heterocycles. The number of anilines is 6. The van der Waals surface area contributed by atoms with E-state index in [-0.39, 0.29) is 0 Å². The van der Waals surface area contributed by atoms with Crippen LogP contribution < -0.4 is 9.80 Å². The van der Waals surface area contributed by atoms with Crippen LogP contribution in [0, 0.1) is 0 Å². The fourth-order valence-corrected chi connectivity index (χ4v) is 16.4. The Kier molecular flexibility index (Phi) is 14.8. The molecular weight excluding hydrogens is 1270 g/mol. The first-order valence-corrected chi connectivity index (χ1v) is 36.0. The third-order valence-corrected chi connectivity index (χ3v) is 21.2. The van der Waals surface area contributed by atoms with Gasteiger partial charge < -0.3 is 23.5 Å². The predicted octanol–water partition coefficient (Wildman–Crippen LogP) is 27.4. The molecule has 5 heteroatoms. The number of aromatic nitrogens is 3. The second-order valence-electron chi connectivity index (χ2n) is 27.2. The van der Waals surface area contributed by atoms with Crippen LogP contribution in [0.25, 0.3) is 150 Å². The summed E-state index contributed by atoms with van der Waals surface area (Å²) >= 11 is 0. The van der Waals surface area contributed by atoms with Gasteiger partial charge in [-0.1, -0.05) is 261 Å². The molecule has 0 bridgehead atoms. The van der Waals surface area contributed by atoms with E-state index in [1.807, 2.05) is 0 Å². The maximum absolute atomic E-state index is 2.45. The van der Waals surface area contributed by atoms with Gasteiger partial charge in [0.05, 0.1) is 33.1 Å². The maximum Gasteiger partial charge on any atom is 0.0547 e. The molecule has 0 unspecified atom stereocenters. The van der Waals surface area contributed by atoms with Crippen LogP contribution in [0.5, 0.6) is 0 Å². The lowest BCUT2D eigenvalue weighted by atomic mass is 9.86. The summed E-state index contributed by atoms with van der Waals surface area (Å²) in [6, 6.07) is 144. The Balaban J connectivity index is 0.592. The van der Waals surface area contributed by atoms with Crippen LogP contribution in [-0.2, 0) is 0 Å². The van der Waals surface area contributed by atoms with Crippen molar-refractivity contribution in [3.63, 3.8) is 0 Å². The van der Waals surface area contributed by atoms with Gasteiger partial charge in [0, 0.05) is 83.5 Å². The summed E-state index contributed by atoms with van der Waals surface area (Å²) < 4.78 is 7.25. The smallest absolute Gasteiger partial charge is 0.0547 e. The fourth-order valence-electron chi connectivity index (χ4n) is 16.4. The topological polar surface area (TPSA) is 21.3 Å². The molecule has 0 N–H and O–H groups in total. The van der Waals surface area contributed by atoms with Crippen molar-refractivity contribution in [3.8, 4) is 50.4 Å². The van der Waals surface area contributed by atoms with E-state index in [1.165, 1.54) is 98.2 Å². The van der Waals surface area contributed by atoms with E-state index in [2.05, 4.69) is 430 Å². The highest BCUT2D eigenvalue weighted by Crippen LogP contribution is 2.46. The molecule has 0 saturated heterocycles. The molecule has 0 spiro atoms. The number of rotatable bonds is 14. The first-order chi connectivity index (χ1) is 52.1. The van der Waals surface area contributed by atoms with Crippen LogP contribution in [-0.4, -0.2) is 13.7 Å². The largest absolute Gasteiger partial charge is 0.311 e. The first-order valence-electron chi connectivity index (χ1n) is 36.0. The SMILES string of the molecule is C(=C\c1ccc(N(c2ccccc2)c2ccc(-n3c4ccccc4c4ccc(-c5ccc6c7ccccc7n(-c7ccc(-c8c9ccccc9c(-c9ccccc9)c9ccccc89)cc7)c6c5)cc43)cc2)cc1)/c1ccc(N(c2ccccc2)c2ccc(-n3c4ccccc4c4ccccc43)cc2)cc1. The van der Waals surface area contributed by atoms with Gasteiger partial charge in [-0.15, -0.1) is 0 Å². The Hall–Kier alpha value is -14.0. The number of fused-ring (bicyclic) bond motifs is 11. The van der Waals surface area contributed by atoms with Crippen molar-refractivity contribution in [2.24, 2.45) is 0 Å². The van der Waals surface area contributed by atoms with E-state index in [4.69, 9.17) is 0 Å². The van der Waals surface area contributed by atoms with E-state index in [1.54, 1.807) is 0 Å². The molecule has 5 nitrogen and oxygen atoms in total. The molecule has 0 radical (unpaired) electrons. The van der Waals surface area contributed by atoms with Crippen LogP contribution in [0.3, 0.4) is 0 Å². The lowest BCUT2D eigenvalue weighted by molar-refractivity contribution is 1.17. The molecule has 0 fully saturated rings. The van der Waals surface area contributed by atoms with Gasteiger partial charge >= 0.3 is 0 Å². The van der Waals surface area contributed by atoms with E-state index in [0.717, 1.165) is 84.5 Å². The standard InChI is InChI=1S/C100H67N5/c1-4-22-70(23-5-1)99-89-32-10-12-34-91(89)100(92-35-13-11-33-90(92)99)71-46-54-80(55-47-71)104-95-38-20-16-30-85(95)87-64-48-72(66-97(87)104)73-49-65-88-86-31-17-21-39-96(86)105(98(88)67-73)82-62-58-79(59-63-82)102(75-26-8-3-9-27-75)77-52-44-69(45-53-77)41-40-68-42-50-76(51-43-68)101(74-24-6-2-7-25-74)78-56-60-81(61-57-78)103-93-36-18-14-28-83(93)84-29-15-19-37-94(84)103/h1-67H/b41-40+. The van der Waals surface area contributed by atoms with Gasteiger partial charge in [0.15, 0.2) is 0 Å². The normalized spacial score (nSPS) is 11.8. The van der Waals surface area contributed by atoms with Crippen molar-refractivity contribution < 1.29 is 0 Å². The van der Waals surface area contributed by atoms with Gasteiger partial charge in [-0.2, -0.15) is 0 Å². The van der Waals surface area contributed by atoms with Gasteiger partial charge in [0.1, 0.15) is 0 Å². The summed E-state index contributed by atoms with van der Waals surface area (Å²) in [5.74, 6) is 0. The molecule has 20 aromatic rings. The zero-order valence-corrected chi connectivity index (χ0v) is 57.4. The second kappa shape index (κ2) is 25.6. The molecule has 17 aromatic carbocycles. The minimum Gasteiger partial charge on any atom is -0.311 e. The second-order valence-corrected chi connectivity index (χ2v) is 27.2. The van der Waals surface area contributed by atoms with Crippen molar-refractivity contribution in [2.75, 3.05) is 9.80 Å². The first kappa shape index (κ1) is 60.9. The third kappa shape index (κ3) is 10.6. The van der Waals surface area contributed by atoms with Gasteiger partial charge in [-0.3, -0.25) is 0 Å². The molecule has 0 saturated carbocycles. The van der Waals surface area contributed by atoms with Crippen LogP contribution in [0.1, 0.15) is 11.1 Å². The predicted molar refractivity (Wildman–Crippen MR) is 446 cm³/mol. The third-order valence-electron chi connectivity index (χ3n) is 21.2. The zero-order chi connectivity index (χ0) is 69.3. The van der Waals surface area contributed by atoms with Gasteiger partial charge in [0.2, 0.25) is 0 Å². The van der Waals surface area contributed by atoms with Crippen molar-refractivity contribution in [3.05, 3.63) is 405 Å². The molecule has 0 aliphatic rings. The molecule has 0 amide bonds. The van der Waals surface area contributed by atoms with Crippen molar-refractivity contribution in [1.29, 1.82) is 0 Å². The Bertz CT molecular complexity index is 6600. The van der Waals surface area contributed by atoms with Crippen molar-refractivity contribution in [1.82, 2.24) is 13.7 Å². The monoisotopic (exact) mass is 1340 g/mol. The molecule has 0 aliphatic carbocycles. The van der Waals surface area contributed by atoms with E-state index in [0.29, 0.717) is 0 Å². The Morgan fingerprint density at radius 3 is 0.752 bits per heavy atom. The highest BCUT2D eigenvalue weighted by Gasteiger charge is 2.22. The lowest BCUT2D eigenvalue weighted by Crippen LogP contribution is -2.10. The van der Waals surface area contributed by atoms with Crippen LogP contribution in [0.2, 0.25) is 0 Å². The number of hydrogen-bond donors (Lipinski definition) is 0. The average molecular weight is 1340 g/mol. The van der Waals surface area contributed by atoms with E-state index < -0.39 is 0 Å². The fraction of sp³-hybridized carbons (Fsp3) is 0. The highest BCUT2D eigenvalue weighted by atomic mass is 15.1. The maximum atomic E-state index is 2.45. The number of para-hydroxylation sites is 6. The molecule has 492 valence electrons. The van der Waals surface area contributed by atoms with Gasteiger partial charge in [-0.05, 0) is 212 Å². The zero-order valence-electron chi connectivity index (χ0n) is 57.4. The molecule has 0 aliphatic heterocycles. The molecular formula is C100H67N5. The van der Waals surface area contributed by atoms with Crippen molar-refractivity contribution >= 4 is 133 Å². The van der Waals surface area contributed by atoms with Crippen LogP contribution in [0.4, 0.5) is 34.1 Å². The molecule has 0 atom stereocenters. The summed E-state index contributed by atoms with van der Waals surface area (Å²) in [6.45, 7) is 0. The summed E-state index contributed by atoms with van der Waals surface area (Å²) in [5.41, 5.74) is 26.4. The van der Waals surface area contributed by atoms with Crippen molar-refractivity contribution in [2.45, 2.75) is 0 Å². The Labute approximate surface area is 608 Å². The minimum absolute atomic E-state index is 1.07. The molecule has 20 rings (SSSR count). The highest BCUT2D eigenvalue weighted by molar-refractivity contribution is 6.22. The van der Waals surface area contributed by atoms with Crippen LogP contribution in [0.15, 0.2) is 394 Å².